The first-order valence-electron chi connectivity index (χ1n) is 9.30. The summed E-state index contributed by atoms with van der Waals surface area (Å²) in [6.07, 6.45) is 0. The average molecular weight is 364 g/mol. The van der Waals surface area contributed by atoms with E-state index in [4.69, 9.17) is 4.74 Å². The van der Waals surface area contributed by atoms with Crippen LogP contribution in [0.3, 0.4) is 0 Å². The van der Waals surface area contributed by atoms with Gasteiger partial charge in [-0.15, -0.1) is 0 Å². The van der Waals surface area contributed by atoms with Gasteiger partial charge in [0.15, 0.2) is 6.61 Å². The van der Waals surface area contributed by atoms with Crippen molar-refractivity contribution < 1.29 is 9.53 Å². The Balaban J connectivity index is 1.26. The minimum atomic E-state index is 0.0416. The zero-order chi connectivity index (χ0) is 18.6. The number of carbonyl (C=O) groups is 1. The summed E-state index contributed by atoms with van der Waals surface area (Å²) in [5, 5.41) is 0. The van der Waals surface area contributed by atoms with E-state index in [0.717, 1.165) is 60.9 Å². The minimum absolute atomic E-state index is 0.0416. The summed E-state index contributed by atoms with van der Waals surface area (Å²) < 4.78 is 5.64. The number of H-pyrrole nitrogens is 1. The summed E-state index contributed by atoms with van der Waals surface area (Å²) >= 11 is 0. The highest BCUT2D eigenvalue weighted by molar-refractivity contribution is 5.78. The molecule has 4 rings (SSSR count). The highest BCUT2D eigenvalue weighted by Crippen LogP contribution is 2.14. The number of imidazole rings is 1. The zero-order valence-electron chi connectivity index (χ0n) is 15.5. The van der Waals surface area contributed by atoms with Crippen LogP contribution in [0.1, 0.15) is 11.4 Å². The molecular weight excluding hydrogens is 340 g/mol. The molecule has 140 valence electrons. The maximum Gasteiger partial charge on any atom is 0.260 e. The van der Waals surface area contributed by atoms with E-state index in [-0.39, 0.29) is 12.5 Å². The molecule has 1 aromatic heterocycles. The van der Waals surface area contributed by atoms with Crippen molar-refractivity contribution in [3.05, 3.63) is 59.9 Å². The highest BCUT2D eigenvalue weighted by atomic mass is 16.5. The Morgan fingerprint density at radius 3 is 2.70 bits per heavy atom. The zero-order valence-corrected chi connectivity index (χ0v) is 15.5. The van der Waals surface area contributed by atoms with Crippen LogP contribution < -0.4 is 4.74 Å². The third-order valence-electron chi connectivity index (χ3n) is 4.89. The number of para-hydroxylation sites is 2. The first kappa shape index (κ1) is 17.5. The lowest BCUT2D eigenvalue weighted by Gasteiger charge is -2.34. The van der Waals surface area contributed by atoms with E-state index in [1.807, 2.05) is 60.4 Å². The van der Waals surface area contributed by atoms with E-state index in [1.165, 1.54) is 0 Å². The summed E-state index contributed by atoms with van der Waals surface area (Å²) in [7, 11) is 0. The van der Waals surface area contributed by atoms with Gasteiger partial charge in [0, 0.05) is 26.2 Å². The van der Waals surface area contributed by atoms with Crippen LogP contribution in [0, 0.1) is 6.92 Å². The topological polar surface area (TPSA) is 61.5 Å². The molecule has 0 unspecified atom stereocenters. The van der Waals surface area contributed by atoms with Gasteiger partial charge in [-0.1, -0.05) is 24.3 Å². The Hall–Kier alpha value is -2.86. The van der Waals surface area contributed by atoms with Crippen molar-refractivity contribution in [1.82, 2.24) is 19.8 Å². The van der Waals surface area contributed by atoms with Gasteiger partial charge in [-0.3, -0.25) is 9.69 Å². The van der Waals surface area contributed by atoms with Crippen molar-refractivity contribution in [2.24, 2.45) is 0 Å². The van der Waals surface area contributed by atoms with Gasteiger partial charge >= 0.3 is 0 Å². The molecule has 1 fully saturated rings. The standard InChI is InChI=1S/C21H24N4O2/c1-16-5-4-6-17(13-16)27-15-21(26)25-11-9-24(10-12-25)14-20-22-18-7-2-3-8-19(18)23-20/h2-8,13H,9-12,14-15H2,1H3,(H,22,23). The Morgan fingerprint density at radius 2 is 1.93 bits per heavy atom. The van der Waals surface area contributed by atoms with E-state index < -0.39 is 0 Å². The molecule has 1 saturated heterocycles. The van der Waals surface area contributed by atoms with Gasteiger partial charge in [0.1, 0.15) is 11.6 Å². The molecule has 2 heterocycles. The summed E-state index contributed by atoms with van der Waals surface area (Å²) in [6.45, 7) is 5.99. The van der Waals surface area contributed by atoms with Crippen LogP contribution in [-0.4, -0.2) is 58.5 Å². The van der Waals surface area contributed by atoms with Gasteiger partial charge in [-0.2, -0.15) is 0 Å². The second kappa shape index (κ2) is 7.80. The van der Waals surface area contributed by atoms with E-state index in [9.17, 15) is 4.79 Å². The van der Waals surface area contributed by atoms with Crippen LogP contribution in [-0.2, 0) is 11.3 Å². The van der Waals surface area contributed by atoms with Crippen LogP contribution in [0.15, 0.2) is 48.5 Å². The van der Waals surface area contributed by atoms with Gasteiger partial charge in [0.05, 0.1) is 17.6 Å². The molecule has 27 heavy (non-hydrogen) atoms. The maximum atomic E-state index is 12.4. The van der Waals surface area contributed by atoms with Crippen LogP contribution in [0.2, 0.25) is 0 Å². The normalized spacial score (nSPS) is 15.2. The van der Waals surface area contributed by atoms with Crippen molar-refractivity contribution >= 4 is 16.9 Å². The fourth-order valence-corrected chi connectivity index (χ4v) is 3.39. The van der Waals surface area contributed by atoms with Crippen molar-refractivity contribution in [2.45, 2.75) is 13.5 Å². The molecule has 0 saturated carbocycles. The molecule has 1 amide bonds. The number of aromatic nitrogens is 2. The Kier molecular flexibility index (Phi) is 5.07. The summed E-state index contributed by atoms with van der Waals surface area (Å²) in [6, 6.07) is 15.8. The number of ether oxygens (including phenoxy) is 1. The first-order valence-corrected chi connectivity index (χ1v) is 9.30. The number of aryl methyl sites for hydroxylation is 1. The smallest absolute Gasteiger partial charge is 0.260 e. The van der Waals surface area contributed by atoms with Crippen molar-refractivity contribution in [1.29, 1.82) is 0 Å². The van der Waals surface area contributed by atoms with Gasteiger partial charge in [0.25, 0.3) is 5.91 Å². The lowest BCUT2D eigenvalue weighted by Crippen LogP contribution is -2.49. The number of hydrogen-bond donors (Lipinski definition) is 1. The van der Waals surface area contributed by atoms with E-state index in [2.05, 4.69) is 14.9 Å². The van der Waals surface area contributed by atoms with E-state index >= 15 is 0 Å². The number of hydrogen-bond acceptors (Lipinski definition) is 4. The lowest BCUT2D eigenvalue weighted by molar-refractivity contribution is -0.135. The largest absolute Gasteiger partial charge is 0.484 e. The summed E-state index contributed by atoms with van der Waals surface area (Å²) in [5.74, 6) is 1.76. The number of rotatable bonds is 5. The number of nitrogens with one attached hydrogen (secondary N) is 1. The van der Waals surface area contributed by atoms with Crippen LogP contribution in [0.4, 0.5) is 0 Å². The Labute approximate surface area is 158 Å². The molecule has 0 radical (unpaired) electrons. The van der Waals surface area contributed by atoms with E-state index in [0.29, 0.717) is 0 Å². The number of fused-ring (bicyclic) bond motifs is 1. The number of piperazine rings is 1. The quantitative estimate of drug-likeness (QED) is 0.756. The average Bonchev–Trinajstić information content (AvgIpc) is 3.09. The molecular formula is C21H24N4O2. The summed E-state index contributed by atoms with van der Waals surface area (Å²) in [4.78, 5) is 24.6. The number of nitrogens with zero attached hydrogens (tertiary/aromatic N) is 3. The molecule has 0 aliphatic carbocycles. The third-order valence-corrected chi connectivity index (χ3v) is 4.89. The Morgan fingerprint density at radius 1 is 1.11 bits per heavy atom. The molecule has 0 atom stereocenters. The van der Waals surface area contributed by atoms with E-state index in [1.54, 1.807) is 0 Å². The fourth-order valence-electron chi connectivity index (χ4n) is 3.39. The second-order valence-electron chi connectivity index (χ2n) is 6.96. The van der Waals surface area contributed by atoms with Crippen LogP contribution in [0.25, 0.3) is 11.0 Å². The first-order chi connectivity index (χ1) is 13.2. The maximum absolute atomic E-state index is 12.4. The van der Waals surface area contributed by atoms with Gasteiger partial charge in [0.2, 0.25) is 0 Å². The summed E-state index contributed by atoms with van der Waals surface area (Å²) in [5.41, 5.74) is 3.18. The number of amides is 1. The van der Waals surface area contributed by atoms with Crippen molar-refractivity contribution in [2.75, 3.05) is 32.8 Å². The number of benzene rings is 2. The molecule has 1 aliphatic heterocycles. The van der Waals surface area contributed by atoms with Crippen LogP contribution in [0.5, 0.6) is 5.75 Å². The molecule has 3 aromatic rings. The molecule has 0 spiro atoms. The third kappa shape index (κ3) is 4.28. The van der Waals surface area contributed by atoms with Gasteiger partial charge in [-0.25, -0.2) is 4.98 Å². The van der Waals surface area contributed by atoms with Crippen molar-refractivity contribution in [3.63, 3.8) is 0 Å². The molecule has 0 bridgehead atoms. The number of carbonyl (C=O) groups excluding carboxylic acids is 1. The SMILES string of the molecule is Cc1cccc(OCC(=O)N2CCN(Cc3nc4ccccc4[nH]3)CC2)c1. The number of aromatic amines is 1. The molecule has 6 heteroatoms. The molecule has 2 aromatic carbocycles. The predicted octanol–water partition coefficient (Wildman–Crippen LogP) is 2.59. The molecule has 6 nitrogen and oxygen atoms in total. The fraction of sp³-hybridized carbons (Fsp3) is 0.333. The van der Waals surface area contributed by atoms with Gasteiger partial charge < -0.3 is 14.6 Å². The van der Waals surface area contributed by atoms with Gasteiger partial charge in [-0.05, 0) is 36.8 Å². The highest BCUT2D eigenvalue weighted by Gasteiger charge is 2.22. The molecule has 1 N–H and O–H groups in total. The minimum Gasteiger partial charge on any atom is -0.484 e. The predicted molar refractivity (Wildman–Crippen MR) is 105 cm³/mol. The monoisotopic (exact) mass is 364 g/mol. The Bertz CT molecular complexity index is 896. The lowest BCUT2D eigenvalue weighted by atomic mass is 10.2. The van der Waals surface area contributed by atoms with Crippen molar-refractivity contribution in [3.8, 4) is 5.75 Å². The van der Waals surface area contributed by atoms with Crippen LogP contribution >= 0.6 is 0 Å². The molecule has 1 aliphatic rings. The second-order valence-corrected chi connectivity index (χ2v) is 6.96.